The lowest BCUT2D eigenvalue weighted by atomic mass is 10.0. The van der Waals surface area contributed by atoms with Crippen molar-refractivity contribution >= 4 is 17.9 Å². The third-order valence-corrected chi connectivity index (χ3v) is 13.8. The highest BCUT2D eigenvalue weighted by Crippen LogP contribution is 2.16. The lowest BCUT2D eigenvalue weighted by Gasteiger charge is -2.18. The van der Waals surface area contributed by atoms with Crippen molar-refractivity contribution in [3.8, 4) is 0 Å². The van der Waals surface area contributed by atoms with Crippen LogP contribution in [0.1, 0.15) is 303 Å². The summed E-state index contributed by atoms with van der Waals surface area (Å²) in [6.45, 7) is 6.50. The van der Waals surface area contributed by atoms with Crippen LogP contribution in [0.5, 0.6) is 0 Å². The zero-order valence-electron chi connectivity index (χ0n) is 50.4. The second-order valence-electron chi connectivity index (χ2n) is 21.3. The SMILES string of the molecule is CC/C=C\C/C=C\C/C=C\C/C=C\C/C=C\C/C=C\C/C=C\C/C=C\CCCCCCCCCCCCC(=O)OCC(COC(=O)CCCCCCCCCCCCCC)OC(=O)CCCCCCC/C=C\CCCCC. The van der Waals surface area contributed by atoms with E-state index in [9.17, 15) is 14.4 Å². The molecule has 0 radical (unpaired) electrons. The summed E-state index contributed by atoms with van der Waals surface area (Å²) in [6.07, 6.45) is 88.2. The number of unbranched alkanes of at least 4 members (excludes halogenated alkanes) is 29. The molecule has 0 bridgehead atoms. The summed E-state index contributed by atoms with van der Waals surface area (Å²) in [7, 11) is 0. The largest absolute Gasteiger partial charge is 0.462 e. The molecule has 1 unspecified atom stereocenters. The Hall–Kier alpha value is -3.93. The van der Waals surface area contributed by atoms with Crippen molar-refractivity contribution in [1.82, 2.24) is 0 Å². The zero-order valence-corrected chi connectivity index (χ0v) is 50.4. The van der Waals surface area contributed by atoms with Crippen molar-refractivity contribution in [3.63, 3.8) is 0 Å². The molecule has 0 heterocycles. The first kappa shape index (κ1) is 73.1. The number of esters is 3. The summed E-state index contributed by atoms with van der Waals surface area (Å²) in [5.41, 5.74) is 0. The molecule has 0 spiro atoms. The molecule has 0 aliphatic carbocycles. The van der Waals surface area contributed by atoms with E-state index in [1.807, 2.05) is 0 Å². The van der Waals surface area contributed by atoms with Gasteiger partial charge in [-0.25, -0.2) is 0 Å². The third-order valence-electron chi connectivity index (χ3n) is 13.8. The van der Waals surface area contributed by atoms with Gasteiger partial charge in [0.25, 0.3) is 0 Å². The fraction of sp³-hybridized carbons (Fsp3) is 0.704. The average Bonchev–Trinajstić information content (AvgIpc) is 3.43. The fourth-order valence-electron chi connectivity index (χ4n) is 8.92. The Labute approximate surface area is 476 Å². The van der Waals surface area contributed by atoms with E-state index in [1.165, 1.54) is 141 Å². The van der Waals surface area contributed by atoms with E-state index in [-0.39, 0.29) is 31.1 Å². The molecular weight excluding hydrogens is 949 g/mol. The summed E-state index contributed by atoms with van der Waals surface area (Å²) in [5, 5.41) is 0. The fourth-order valence-corrected chi connectivity index (χ4v) is 8.92. The molecule has 0 fully saturated rings. The monoisotopic (exact) mass is 1070 g/mol. The second kappa shape index (κ2) is 64.6. The van der Waals surface area contributed by atoms with E-state index >= 15 is 0 Å². The Kier molecular flexibility index (Phi) is 61.3. The second-order valence-corrected chi connectivity index (χ2v) is 21.3. The highest BCUT2D eigenvalue weighted by atomic mass is 16.6. The van der Waals surface area contributed by atoms with Gasteiger partial charge < -0.3 is 14.2 Å². The Morgan fingerprint density at radius 1 is 0.273 bits per heavy atom. The van der Waals surface area contributed by atoms with Gasteiger partial charge in [0.05, 0.1) is 0 Å². The van der Waals surface area contributed by atoms with E-state index in [1.54, 1.807) is 0 Å². The predicted octanol–water partition coefficient (Wildman–Crippen LogP) is 22.2. The van der Waals surface area contributed by atoms with Crippen LogP contribution in [-0.4, -0.2) is 37.2 Å². The van der Waals surface area contributed by atoms with Crippen molar-refractivity contribution in [2.75, 3.05) is 13.2 Å². The Morgan fingerprint density at radius 2 is 0.506 bits per heavy atom. The standard InChI is InChI=1S/C71H120O6/c1-4-7-10-13-16-19-22-25-26-27-28-29-30-31-32-33-34-35-36-37-38-39-40-41-42-43-44-45-46-47-50-52-55-58-61-64-70(73)76-67-68(77-71(74)65-62-59-56-53-49-24-21-18-15-12-9-6-3)66-75-69(72)63-60-57-54-51-48-23-20-17-14-11-8-5-2/h7,10,16,18-19,21,25-26,28-29,31-32,34-35,37-38,40-41,68H,4-6,8-9,11-15,17,20,22-24,27,30,33,36,39,42-67H2,1-3H3/b10-7-,19-16-,21-18-,26-25-,29-28-,32-31-,35-34-,38-37-,41-40-. The van der Waals surface area contributed by atoms with Crippen molar-refractivity contribution < 1.29 is 28.6 Å². The number of hydrogen-bond acceptors (Lipinski definition) is 6. The van der Waals surface area contributed by atoms with Gasteiger partial charge in [-0.2, -0.15) is 0 Å². The van der Waals surface area contributed by atoms with Crippen LogP contribution in [0, 0.1) is 0 Å². The topological polar surface area (TPSA) is 78.9 Å². The number of hydrogen-bond donors (Lipinski definition) is 0. The molecule has 1 atom stereocenters. The van der Waals surface area contributed by atoms with Gasteiger partial charge >= 0.3 is 17.9 Å². The van der Waals surface area contributed by atoms with Crippen LogP contribution in [0.2, 0.25) is 0 Å². The number of allylic oxidation sites excluding steroid dienone is 18. The number of carbonyl (C=O) groups is 3. The van der Waals surface area contributed by atoms with Gasteiger partial charge in [0.2, 0.25) is 0 Å². The maximum atomic E-state index is 12.8. The van der Waals surface area contributed by atoms with E-state index in [0.717, 1.165) is 122 Å². The van der Waals surface area contributed by atoms with Gasteiger partial charge in [-0.3, -0.25) is 14.4 Å². The normalized spacial score (nSPS) is 12.8. The van der Waals surface area contributed by atoms with Crippen LogP contribution in [0.15, 0.2) is 109 Å². The lowest BCUT2D eigenvalue weighted by molar-refractivity contribution is -0.167. The van der Waals surface area contributed by atoms with Gasteiger partial charge in [-0.1, -0.05) is 284 Å². The molecule has 0 saturated heterocycles. The molecule has 77 heavy (non-hydrogen) atoms. The molecule has 6 heteroatoms. The minimum Gasteiger partial charge on any atom is -0.462 e. The summed E-state index contributed by atoms with van der Waals surface area (Å²) >= 11 is 0. The molecule has 0 aliphatic rings. The summed E-state index contributed by atoms with van der Waals surface area (Å²) < 4.78 is 16.9. The van der Waals surface area contributed by atoms with Crippen LogP contribution < -0.4 is 0 Å². The Bertz CT molecular complexity index is 1560. The smallest absolute Gasteiger partial charge is 0.306 e. The number of rotatable bonds is 58. The van der Waals surface area contributed by atoms with Gasteiger partial charge in [0, 0.05) is 19.3 Å². The highest BCUT2D eigenvalue weighted by Gasteiger charge is 2.19. The van der Waals surface area contributed by atoms with Crippen LogP contribution >= 0.6 is 0 Å². The maximum Gasteiger partial charge on any atom is 0.306 e. The molecule has 0 amide bonds. The summed E-state index contributed by atoms with van der Waals surface area (Å²) in [4.78, 5) is 38.2. The van der Waals surface area contributed by atoms with E-state index in [2.05, 4.69) is 130 Å². The summed E-state index contributed by atoms with van der Waals surface area (Å²) in [6, 6.07) is 0. The van der Waals surface area contributed by atoms with Crippen LogP contribution in [0.4, 0.5) is 0 Å². The highest BCUT2D eigenvalue weighted by molar-refractivity contribution is 5.71. The third kappa shape index (κ3) is 62.8. The molecule has 0 aromatic heterocycles. The van der Waals surface area contributed by atoms with E-state index in [0.29, 0.717) is 19.3 Å². The molecule has 0 rings (SSSR count). The van der Waals surface area contributed by atoms with Crippen LogP contribution in [0.3, 0.4) is 0 Å². The van der Waals surface area contributed by atoms with E-state index < -0.39 is 6.10 Å². The Balaban J connectivity index is 4.15. The molecule has 0 aromatic carbocycles. The predicted molar refractivity (Wildman–Crippen MR) is 334 cm³/mol. The zero-order chi connectivity index (χ0) is 55.7. The molecular formula is C71H120O6. The molecule has 6 nitrogen and oxygen atoms in total. The molecule has 440 valence electrons. The summed E-state index contributed by atoms with van der Waals surface area (Å²) in [5.74, 6) is -0.886. The van der Waals surface area contributed by atoms with Crippen LogP contribution in [-0.2, 0) is 28.6 Å². The number of ether oxygens (including phenoxy) is 3. The van der Waals surface area contributed by atoms with Gasteiger partial charge in [-0.15, -0.1) is 0 Å². The van der Waals surface area contributed by atoms with Gasteiger partial charge in [0.15, 0.2) is 6.10 Å². The van der Waals surface area contributed by atoms with Crippen molar-refractivity contribution in [3.05, 3.63) is 109 Å². The van der Waals surface area contributed by atoms with Crippen molar-refractivity contribution in [1.29, 1.82) is 0 Å². The van der Waals surface area contributed by atoms with Gasteiger partial charge in [-0.05, 0) is 109 Å². The van der Waals surface area contributed by atoms with Crippen molar-refractivity contribution in [2.45, 2.75) is 309 Å². The lowest BCUT2D eigenvalue weighted by Crippen LogP contribution is -2.30. The quantitative estimate of drug-likeness (QED) is 0.0261. The average molecular weight is 1070 g/mol. The minimum atomic E-state index is -0.782. The first-order valence-corrected chi connectivity index (χ1v) is 32.4. The number of carbonyl (C=O) groups excluding carboxylic acids is 3. The van der Waals surface area contributed by atoms with E-state index in [4.69, 9.17) is 14.2 Å². The van der Waals surface area contributed by atoms with Gasteiger partial charge in [0.1, 0.15) is 13.2 Å². The molecule has 0 aliphatic heterocycles. The Morgan fingerprint density at radius 3 is 0.831 bits per heavy atom. The first-order chi connectivity index (χ1) is 38.0. The van der Waals surface area contributed by atoms with Crippen molar-refractivity contribution in [2.24, 2.45) is 0 Å². The molecule has 0 aromatic rings. The minimum absolute atomic E-state index is 0.0791. The first-order valence-electron chi connectivity index (χ1n) is 32.4. The molecule has 0 saturated carbocycles. The van der Waals surface area contributed by atoms with Crippen LogP contribution in [0.25, 0.3) is 0 Å². The molecule has 0 N–H and O–H groups in total. The maximum absolute atomic E-state index is 12.8.